The van der Waals surface area contributed by atoms with E-state index < -0.39 is 11.5 Å². The second kappa shape index (κ2) is 5.28. The van der Waals surface area contributed by atoms with Gasteiger partial charge in [0.1, 0.15) is 5.54 Å². The van der Waals surface area contributed by atoms with Crippen molar-refractivity contribution in [1.29, 1.82) is 0 Å². The number of carboxylic acids is 1. The van der Waals surface area contributed by atoms with Crippen LogP contribution < -0.4 is 5.32 Å². The summed E-state index contributed by atoms with van der Waals surface area (Å²) in [5, 5.41) is 13.1. The Balaban J connectivity index is 1.68. The number of nitrogens with zero attached hydrogens (tertiary/aromatic N) is 1. The molecule has 0 bridgehead atoms. The van der Waals surface area contributed by atoms with Crippen LogP contribution in [0.15, 0.2) is 0 Å². The molecule has 1 aliphatic heterocycles. The molecular formula is C15H26N2O3. The molecule has 3 fully saturated rings. The minimum absolute atomic E-state index is 0.252. The van der Waals surface area contributed by atoms with Gasteiger partial charge in [0.25, 0.3) is 0 Å². The zero-order valence-electron chi connectivity index (χ0n) is 12.5. The average molecular weight is 282 g/mol. The summed E-state index contributed by atoms with van der Waals surface area (Å²) in [6, 6.07) is 1.20. The molecular weight excluding hydrogens is 256 g/mol. The van der Waals surface area contributed by atoms with Crippen LogP contribution in [-0.2, 0) is 9.53 Å². The van der Waals surface area contributed by atoms with E-state index in [0.29, 0.717) is 18.1 Å². The molecule has 0 spiro atoms. The van der Waals surface area contributed by atoms with Crippen molar-refractivity contribution >= 4 is 5.97 Å². The van der Waals surface area contributed by atoms with E-state index in [1.54, 1.807) is 0 Å². The summed E-state index contributed by atoms with van der Waals surface area (Å²) in [5.74, 6) is -0.666. The summed E-state index contributed by atoms with van der Waals surface area (Å²) >= 11 is 0. The van der Waals surface area contributed by atoms with Gasteiger partial charge in [0, 0.05) is 24.7 Å². The highest BCUT2D eigenvalue weighted by atomic mass is 16.5. The first kappa shape index (κ1) is 14.3. The van der Waals surface area contributed by atoms with Crippen molar-refractivity contribution in [3.8, 4) is 0 Å². The van der Waals surface area contributed by atoms with Crippen molar-refractivity contribution < 1.29 is 14.6 Å². The molecule has 4 atom stereocenters. The van der Waals surface area contributed by atoms with Crippen LogP contribution in [0.4, 0.5) is 0 Å². The summed E-state index contributed by atoms with van der Waals surface area (Å²) in [5.41, 5.74) is -0.687. The first-order valence-electron chi connectivity index (χ1n) is 7.88. The van der Waals surface area contributed by atoms with Gasteiger partial charge in [-0.2, -0.15) is 0 Å². The Morgan fingerprint density at radius 2 is 2.10 bits per heavy atom. The van der Waals surface area contributed by atoms with E-state index in [4.69, 9.17) is 4.74 Å². The number of ether oxygens (including phenoxy) is 1. The second-order valence-electron chi connectivity index (χ2n) is 6.89. The Hall–Kier alpha value is -0.650. The lowest BCUT2D eigenvalue weighted by Crippen LogP contribution is -2.55. The van der Waals surface area contributed by atoms with Crippen LogP contribution in [0.2, 0.25) is 0 Å². The molecule has 3 rings (SSSR count). The fourth-order valence-electron chi connectivity index (χ4n) is 3.75. The third-order valence-corrected chi connectivity index (χ3v) is 5.08. The fourth-order valence-corrected chi connectivity index (χ4v) is 3.75. The molecule has 0 aromatic rings. The Bertz CT molecular complexity index is 385. The van der Waals surface area contributed by atoms with Crippen molar-refractivity contribution in [1.82, 2.24) is 10.2 Å². The van der Waals surface area contributed by atoms with E-state index in [2.05, 4.69) is 24.1 Å². The predicted molar refractivity (Wildman–Crippen MR) is 75.7 cm³/mol. The maximum atomic E-state index is 11.8. The van der Waals surface area contributed by atoms with Crippen LogP contribution in [0.1, 0.15) is 46.0 Å². The van der Waals surface area contributed by atoms with E-state index in [9.17, 15) is 9.90 Å². The molecule has 20 heavy (non-hydrogen) atoms. The number of hydrogen-bond acceptors (Lipinski definition) is 4. The van der Waals surface area contributed by atoms with E-state index in [1.165, 1.54) is 0 Å². The lowest BCUT2D eigenvalue weighted by atomic mass is 9.96. The van der Waals surface area contributed by atoms with Crippen molar-refractivity contribution in [3.63, 3.8) is 0 Å². The van der Waals surface area contributed by atoms with Gasteiger partial charge >= 0.3 is 5.97 Å². The highest BCUT2D eigenvalue weighted by Crippen LogP contribution is 2.38. The number of hydrogen-bond donors (Lipinski definition) is 2. The number of morpholine rings is 1. The van der Waals surface area contributed by atoms with Gasteiger partial charge in [0.05, 0.1) is 12.7 Å². The largest absolute Gasteiger partial charge is 0.480 e. The van der Waals surface area contributed by atoms with Gasteiger partial charge in [-0.25, -0.2) is 0 Å². The molecule has 0 radical (unpaired) electrons. The van der Waals surface area contributed by atoms with Crippen LogP contribution in [0.5, 0.6) is 0 Å². The van der Waals surface area contributed by atoms with Crippen LogP contribution in [0, 0.1) is 0 Å². The number of carbonyl (C=O) groups is 1. The van der Waals surface area contributed by atoms with Crippen LogP contribution in [0.25, 0.3) is 0 Å². The molecule has 114 valence electrons. The Kier molecular flexibility index (Phi) is 3.77. The van der Waals surface area contributed by atoms with Crippen LogP contribution in [0.3, 0.4) is 0 Å². The highest BCUT2D eigenvalue weighted by molar-refractivity contribution is 5.79. The molecule has 5 heteroatoms. The Morgan fingerprint density at radius 1 is 1.35 bits per heavy atom. The summed E-state index contributed by atoms with van der Waals surface area (Å²) in [6.45, 7) is 5.96. The number of nitrogens with one attached hydrogen (secondary N) is 1. The third kappa shape index (κ3) is 2.71. The van der Waals surface area contributed by atoms with Crippen molar-refractivity contribution in [3.05, 3.63) is 0 Å². The topological polar surface area (TPSA) is 61.8 Å². The molecule has 0 aromatic carbocycles. The average Bonchev–Trinajstić information content (AvgIpc) is 3.10. The number of aliphatic carboxylic acids is 1. The maximum Gasteiger partial charge on any atom is 0.323 e. The fraction of sp³-hybridized carbons (Fsp3) is 0.933. The van der Waals surface area contributed by atoms with E-state index >= 15 is 0 Å². The lowest BCUT2D eigenvalue weighted by Gasteiger charge is -2.41. The summed E-state index contributed by atoms with van der Waals surface area (Å²) in [7, 11) is 0. The van der Waals surface area contributed by atoms with E-state index in [-0.39, 0.29) is 6.10 Å². The maximum absolute atomic E-state index is 11.8. The minimum Gasteiger partial charge on any atom is -0.480 e. The third-order valence-electron chi connectivity index (χ3n) is 5.08. The summed E-state index contributed by atoms with van der Waals surface area (Å²) in [6.07, 6.45) is 4.97. The van der Waals surface area contributed by atoms with E-state index in [1.807, 2.05) is 0 Å². The monoisotopic (exact) mass is 282 g/mol. The molecule has 1 heterocycles. The first-order valence-corrected chi connectivity index (χ1v) is 7.88. The van der Waals surface area contributed by atoms with Crippen LogP contribution in [-0.4, -0.2) is 58.9 Å². The van der Waals surface area contributed by atoms with Gasteiger partial charge in [-0.15, -0.1) is 0 Å². The van der Waals surface area contributed by atoms with Crippen molar-refractivity contribution in [2.75, 3.05) is 13.2 Å². The SMILES string of the molecule is CC1CN(C2CCC(NC3CC3)(C(=O)O)C2)C(C)CO1. The zero-order chi connectivity index (χ0) is 14.3. The first-order chi connectivity index (χ1) is 9.50. The molecule has 2 saturated carbocycles. The van der Waals surface area contributed by atoms with Crippen molar-refractivity contribution in [2.24, 2.45) is 0 Å². The smallest absolute Gasteiger partial charge is 0.323 e. The van der Waals surface area contributed by atoms with Gasteiger partial charge in [0.2, 0.25) is 0 Å². The minimum atomic E-state index is -0.687. The molecule has 5 nitrogen and oxygen atoms in total. The second-order valence-corrected chi connectivity index (χ2v) is 6.89. The number of carboxylic acid groups (broad SMARTS) is 1. The highest BCUT2D eigenvalue weighted by Gasteiger charge is 2.50. The summed E-state index contributed by atoms with van der Waals surface area (Å²) < 4.78 is 5.68. The van der Waals surface area contributed by atoms with Crippen LogP contribution >= 0.6 is 0 Å². The number of rotatable bonds is 4. The standard InChI is InChI=1S/C15H26N2O3/c1-10-9-20-11(2)8-17(10)13-5-6-15(7-13,14(18)19)16-12-3-4-12/h10-13,16H,3-9H2,1-2H3,(H,18,19). The molecule has 3 aliphatic rings. The quantitative estimate of drug-likeness (QED) is 0.812. The molecule has 2 N–H and O–H groups in total. The molecule has 4 unspecified atom stereocenters. The predicted octanol–water partition coefficient (Wildman–Crippen LogP) is 1.22. The molecule has 2 aliphatic carbocycles. The van der Waals surface area contributed by atoms with E-state index in [0.717, 1.165) is 45.3 Å². The Labute approximate surface area is 120 Å². The Morgan fingerprint density at radius 3 is 2.75 bits per heavy atom. The van der Waals surface area contributed by atoms with Gasteiger partial charge in [-0.3, -0.25) is 15.0 Å². The molecule has 0 amide bonds. The van der Waals surface area contributed by atoms with Gasteiger partial charge in [0.15, 0.2) is 0 Å². The van der Waals surface area contributed by atoms with Gasteiger partial charge in [-0.1, -0.05) is 0 Å². The molecule has 0 aromatic heterocycles. The normalized spacial score (nSPS) is 42.8. The van der Waals surface area contributed by atoms with Gasteiger partial charge in [-0.05, 0) is 46.0 Å². The molecule has 1 saturated heterocycles. The van der Waals surface area contributed by atoms with Crippen molar-refractivity contribution in [2.45, 2.75) is 75.7 Å². The van der Waals surface area contributed by atoms with Gasteiger partial charge < -0.3 is 9.84 Å². The lowest BCUT2D eigenvalue weighted by molar-refractivity contribution is -0.145. The zero-order valence-corrected chi connectivity index (χ0v) is 12.5. The summed E-state index contributed by atoms with van der Waals surface area (Å²) in [4.78, 5) is 14.2.